The molecular formula is C26H31N5O. The number of anilines is 1. The third kappa shape index (κ3) is 4.60. The number of carbonyl (C=O) groups is 1. The van der Waals surface area contributed by atoms with Crippen molar-refractivity contribution in [3.05, 3.63) is 66.1 Å². The molecule has 2 aliphatic rings. The topological polar surface area (TPSA) is 70.2 Å². The van der Waals surface area contributed by atoms with Gasteiger partial charge in [-0.15, -0.1) is 0 Å². The van der Waals surface area contributed by atoms with Gasteiger partial charge in [-0.3, -0.25) is 14.7 Å². The first-order chi connectivity index (χ1) is 15.7. The van der Waals surface area contributed by atoms with E-state index in [1.807, 2.05) is 24.5 Å². The van der Waals surface area contributed by atoms with Crippen molar-refractivity contribution >= 4 is 22.5 Å². The van der Waals surface area contributed by atoms with Gasteiger partial charge in [0.05, 0.1) is 12.6 Å². The number of nitrogens with one attached hydrogen (secondary N) is 2. The number of pyridine rings is 2. The zero-order valence-corrected chi connectivity index (χ0v) is 18.6. The van der Waals surface area contributed by atoms with Gasteiger partial charge >= 0.3 is 0 Å². The summed E-state index contributed by atoms with van der Waals surface area (Å²) in [6.45, 7) is 4.22. The molecule has 166 valence electrons. The first-order valence-corrected chi connectivity index (χ1v) is 11.7. The molecule has 0 unspecified atom stereocenters. The van der Waals surface area contributed by atoms with Crippen molar-refractivity contribution in [3.8, 4) is 0 Å². The standard InChI is InChI=1S/C26H31N5O/c1-18-4-5-20-10-12-28-26(24(20)13-18)29-15-25(32)30-22-16-31(17-22)23-8-6-19(7-9-23)21-3-2-11-27-14-21/h2-5,10-14,19,22-23H,6-9,15-17H2,1H3,(H,28,29)(H,30,32). The summed E-state index contributed by atoms with van der Waals surface area (Å²) in [5.41, 5.74) is 2.56. The number of hydrogen-bond donors (Lipinski definition) is 2. The molecule has 5 rings (SSSR count). The minimum Gasteiger partial charge on any atom is -0.360 e. The molecule has 1 saturated carbocycles. The second kappa shape index (κ2) is 9.25. The van der Waals surface area contributed by atoms with E-state index < -0.39 is 0 Å². The van der Waals surface area contributed by atoms with Crippen LogP contribution in [0.5, 0.6) is 0 Å². The van der Waals surface area contributed by atoms with Crippen LogP contribution in [0.4, 0.5) is 5.82 Å². The molecule has 32 heavy (non-hydrogen) atoms. The van der Waals surface area contributed by atoms with E-state index in [9.17, 15) is 4.79 Å². The van der Waals surface area contributed by atoms with Crippen LogP contribution in [0.15, 0.2) is 55.0 Å². The fraction of sp³-hybridized carbons (Fsp3) is 0.423. The van der Waals surface area contributed by atoms with E-state index in [4.69, 9.17) is 0 Å². The van der Waals surface area contributed by atoms with Gasteiger partial charge in [0, 0.05) is 43.1 Å². The van der Waals surface area contributed by atoms with E-state index in [0.717, 1.165) is 29.7 Å². The first-order valence-electron chi connectivity index (χ1n) is 11.7. The van der Waals surface area contributed by atoms with E-state index in [0.29, 0.717) is 12.0 Å². The molecule has 1 aliphatic carbocycles. The van der Waals surface area contributed by atoms with Gasteiger partial charge in [-0.1, -0.05) is 23.8 Å². The maximum absolute atomic E-state index is 12.5. The van der Waals surface area contributed by atoms with E-state index in [1.54, 1.807) is 6.20 Å². The summed E-state index contributed by atoms with van der Waals surface area (Å²) in [6.07, 6.45) is 10.6. The number of nitrogens with zero attached hydrogens (tertiary/aromatic N) is 3. The van der Waals surface area contributed by atoms with Crippen LogP contribution in [0, 0.1) is 6.92 Å². The minimum absolute atomic E-state index is 0.0291. The largest absolute Gasteiger partial charge is 0.360 e. The maximum atomic E-state index is 12.5. The molecule has 1 aromatic carbocycles. The molecule has 0 atom stereocenters. The van der Waals surface area contributed by atoms with Crippen LogP contribution < -0.4 is 10.6 Å². The Hall–Kier alpha value is -2.99. The number of rotatable bonds is 6. The van der Waals surface area contributed by atoms with Gasteiger partial charge in [0.1, 0.15) is 5.82 Å². The third-order valence-corrected chi connectivity index (χ3v) is 6.98. The molecule has 0 bridgehead atoms. The lowest BCUT2D eigenvalue weighted by molar-refractivity contribution is -0.121. The molecule has 0 radical (unpaired) electrons. The van der Waals surface area contributed by atoms with Gasteiger partial charge in [0.25, 0.3) is 0 Å². The molecule has 2 N–H and O–H groups in total. The number of benzene rings is 1. The normalized spacial score (nSPS) is 21.8. The Morgan fingerprint density at radius 1 is 1.09 bits per heavy atom. The third-order valence-electron chi connectivity index (χ3n) is 6.98. The Bertz CT molecular complexity index is 1070. The summed E-state index contributed by atoms with van der Waals surface area (Å²) >= 11 is 0. The van der Waals surface area contributed by atoms with Crippen molar-refractivity contribution < 1.29 is 4.79 Å². The molecule has 1 saturated heterocycles. The molecule has 1 amide bonds. The van der Waals surface area contributed by atoms with Gasteiger partial charge < -0.3 is 10.6 Å². The lowest BCUT2D eigenvalue weighted by Gasteiger charge is -2.46. The summed E-state index contributed by atoms with van der Waals surface area (Å²) in [4.78, 5) is 23.7. The van der Waals surface area contributed by atoms with Crippen molar-refractivity contribution in [2.45, 2.75) is 50.6 Å². The zero-order chi connectivity index (χ0) is 21.9. The van der Waals surface area contributed by atoms with Crippen molar-refractivity contribution in [1.82, 2.24) is 20.2 Å². The minimum atomic E-state index is 0.0291. The van der Waals surface area contributed by atoms with E-state index >= 15 is 0 Å². The fourth-order valence-electron chi connectivity index (χ4n) is 5.16. The van der Waals surface area contributed by atoms with Gasteiger partial charge in [0.2, 0.25) is 5.91 Å². The van der Waals surface area contributed by atoms with Crippen LogP contribution in [-0.2, 0) is 4.79 Å². The van der Waals surface area contributed by atoms with Crippen molar-refractivity contribution in [3.63, 3.8) is 0 Å². The second-order valence-electron chi connectivity index (χ2n) is 9.25. The second-order valence-corrected chi connectivity index (χ2v) is 9.25. The van der Waals surface area contributed by atoms with Gasteiger partial charge in [-0.25, -0.2) is 4.98 Å². The van der Waals surface area contributed by atoms with Crippen LogP contribution in [-0.4, -0.2) is 52.5 Å². The van der Waals surface area contributed by atoms with Crippen LogP contribution in [0.1, 0.15) is 42.7 Å². The van der Waals surface area contributed by atoms with Gasteiger partial charge in [0.15, 0.2) is 0 Å². The molecular weight excluding hydrogens is 398 g/mol. The molecule has 2 aromatic heterocycles. The first kappa shape index (κ1) is 20.9. The lowest BCUT2D eigenvalue weighted by Crippen LogP contribution is -2.63. The molecule has 6 heteroatoms. The van der Waals surface area contributed by atoms with Crippen LogP contribution in [0.2, 0.25) is 0 Å². The van der Waals surface area contributed by atoms with Crippen LogP contribution in [0.25, 0.3) is 10.8 Å². The number of aromatic nitrogens is 2. The predicted octanol–water partition coefficient (Wildman–Crippen LogP) is 3.88. The van der Waals surface area contributed by atoms with Gasteiger partial charge in [-0.2, -0.15) is 0 Å². The quantitative estimate of drug-likeness (QED) is 0.622. The summed E-state index contributed by atoms with van der Waals surface area (Å²) in [7, 11) is 0. The molecule has 2 fully saturated rings. The lowest BCUT2D eigenvalue weighted by atomic mass is 9.81. The van der Waals surface area contributed by atoms with E-state index in [1.165, 1.54) is 36.8 Å². The summed E-state index contributed by atoms with van der Waals surface area (Å²) < 4.78 is 0. The van der Waals surface area contributed by atoms with Crippen molar-refractivity contribution in [2.24, 2.45) is 0 Å². The number of hydrogen-bond acceptors (Lipinski definition) is 5. The Balaban J connectivity index is 1.06. The number of amides is 1. The molecule has 0 spiro atoms. The Labute approximate surface area is 189 Å². The summed E-state index contributed by atoms with van der Waals surface area (Å²) in [5, 5.41) is 8.57. The van der Waals surface area contributed by atoms with Crippen LogP contribution in [0.3, 0.4) is 0 Å². The average Bonchev–Trinajstić information content (AvgIpc) is 2.80. The highest BCUT2D eigenvalue weighted by molar-refractivity contribution is 5.93. The predicted molar refractivity (Wildman–Crippen MR) is 128 cm³/mol. The number of fused-ring (bicyclic) bond motifs is 1. The number of carbonyl (C=O) groups excluding carboxylic acids is 1. The number of likely N-dealkylation sites (tertiary alicyclic amines) is 1. The Morgan fingerprint density at radius 3 is 2.72 bits per heavy atom. The smallest absolute Gasteiger partial charge is 0.239 e. The SMILES string of the molecule is Cc1ccc2ccnc(NCC(=O)NC3CN(C4CCC(c5cccnc5)CC4)C3)c2c1. The highest BCUT2D eigenvalue weighted by Gasteiger charge is 2.35. The molecule has 3 aromatic rings. The molecule has 3 heterocycles. The van der Waals surface area contributed by atoms with Crippen molar-refractivity contribution in [1.29, 1.82) is 0 Å². The number of aryl methyl sites for hydroxylation is 1. The molecule has 6 nitrogen and oxygen atoms in total. The Morgan fingerprint density at radius 2 is 1.94 bits per heavy atom. The monoisotopic (exact) mass is 429 g/mol. The Kier molecular flexibility index (Phi) is 6.04. The van der Waals surface area contributed by atoms with Crippen molar-refractivity contribution in [2.75, 3.05) is 25.0 Å². The van der Waals surface area contributed by atoms with Crippen LogP contribution >= 0.6 is 0 Å². The maximum Gasteiger partial charge on any atom is 0.239 e. The summed E-state index contributed by atoms with van der Waals surface area (Å²) in [5.74, 6) is 1.44. The van der Waals surface area contributed by atoms with Gasteiger partial charge in [-0.05, 0) is 67.7 Å². The highest BCUT2D eigenvalue weighted by Crippen LogP contribution is 2.35. The zero-order valence-electron chi connectivity index (χ0n) is 18.6. The van der Waals surface area contributed by atoms with E-state index in [-0.39, 0.29) is 18.5 Å². The fourth-order valence-corrected chi connectivity index (χ4v) is 5.16. The highest BCUT2D eigenvalue weighted by atomic mass is 16.2. The average molecular weight is 430 g/mol. The van der Waals surface area contributed by atoms with E-state index in [2.05, 4.69) is 56.7 Å². The molecule has 1 aliphatic heterocycles. The summed E-state index contributed by atoms with van der Waals surface area (Å²) in [6, 6.07) is 13.4.